The average molecular weight is 269 g/mol. The van der Waals surface area contributed by atoms with Gasteiger partial charge in [-0.3, -0.25) is 10.1 Å². The fourth-order valence-corrected chi connectivity index (χ4v) is 1.58. The van der Waals surface area contributed by atoms with E-state index in [2.05, 4.69) is 0 Å². The molecule has 0 saturated heterocycles. The van der Waals surface area contributed by atoms with Gasteiger partial charge in [-0.05, 0) is 19.1 Å². The van der Waals surface area contributed by atoms with E-state index in [-0.39, 0.29) is 12.2 Å². The van der Waals surface area contributed by atoms with Crippen LogP contribution in [0.15, 0.2) is 24.3 Å². The molecule has 0 amide bonds. The van der Waals surface area contributed by atoms with E-state index in [0.717, 1.165) is 0 Å². The van der Waals surface area contributed by atoms with E-state index in [1.807, 2.05) is 0 Å². The van der Waals surface area contributed by atoms with E-state index in [4.69, 9.17) is 9.47 Å². The predicted molar refractivity (Wildman–Crippen MR) is 65.4 cm³/mol. The molecule has 0 aliphatic rings. The zero-order valence-corrected chi connectivity index (χ0v) is 10.7. The Hall–Kier alpha value is -2.15. The average Bonchev–Trinajstić information content (AvgIpc) is 2.38. The van der Waals surface area contributed by atoms with Crippen molar-refractivity contribution < 1.29 is 24.3 Å². The lowest BCUT2D eigenvalue weighted by atomic mass is 9.94. The highest BCUT2D eigenvalue weighted by molar-refractivity contribution is 5.81. The van der Waals surface area contributed by atoms with E-state index >= 15 is 0 Å². The van der Waals surface area contributed by atoms with Crippen LogP contribution in [0.5, 0.6) is 5.75 Å². The Morgan fingerprint density at radius 3 is 2.42 bits per heavy atom. The van der Waals surface area contributed by atoms with Crippen molar-refractivity contribution in [2.45, 2.75) is 12.5 Å². The summed E-state index contributed by atoms with van der Waals surface area (Å²) >= 11 is 0. The van der Waals surface area contributed by atoms with Crippen LogP contribution in [0, 0.1) is 10.1 Å². The quantitative estimate of drug-likeness (QED) is 0.464. The molecule has 1 rings (SSSR count). The molecule has 1 aromatic rings. The molecule has 0 aliphatic heterocycles. The highest BCUT2D eigenvalue weighted by atomic mass is 16.6. The molecule has 0 spiro atoms. The van der Waals surface area contributed by atoms with Crippen molar-refractivity contribution in [3.05, 3.63) is 39.9 Å². The molecule has 104 valence electrons. The Morgan fingerprint density at radius 2 is 2.00 bits per heavy atom. The monoisotopic (exact) mass is 269 g/mol. The minimum Gasteiger partial charge on any atom is -0.497 e. The van der Waals surface area contributed by atoms with E-state index in [1.165, 1.54) is 31.4 Å². The van der Waals surface area contributed by atoms with Crippen LogP contribution in [-0.2, 0) is 15.1 Å². The SMILES string of the molecule is CCOC(=O)[C@](O)(C[N+](=O)[O-])c1ccc(OC)cc1. The molecule has 1 atom stereocenters. The number of carbonyl (C=O) groups excluding carboxylic acids is 1. The van der Waals surface area contributed by atoms with E-state index in [0.29, 0.717) is 5.75 Å². The number of carbonyl (C=O) groups is 1. The number of benzene rings is 1. The molecule has 0 saturated carbocycles. The van der Waals surface area contributed by atoms with Gasteiger partial charge in [-0.15, -0.1) is 0 Å². The van der Waals surface area contributed by atoms with Crippen molar-refractivity contribution in [1.29, 1.82) is 0 Å². The highest BCUT2D eigenvalue weighted by Gasteiger charge is 2.45. The lowest BCUT2D eigenvalue weighted by Gasteiger charge is -2.22. The first kappa shape index (κ1) is 14.9. The third kappa shape index (κ3) is 3.41. The summed E-state index contributed by atoms with van der Waals surface area (Å²) in [7, 11) is 1.46. The molecule has 0 unspecified atom stereocenters. The van der Waals surface area contributed by atoms with Crippen molar-refractivity contribution in [3.63, 3.8) is 0 Å². The van der Waals surface area contributed by atoms with Crippen LogP contribution in [0.1, 0.15) is 12.5 Å². The van der Waals surface area contributed by atoms with E-state index in [1.54, 1.807) is 6.92 Å². The van der Waals surface area contributed by atoms with Gasteiger partial charge in [0.05, 0.1) is 13.7 Å². The summed E-state index contributed by atoms with van der Waals surface area (Å²) in [6, 6.07) is 5.78. The first-order valence-electron chi connectivity index (χ1n) is 5.60. The minimum atomic E-state index is -2.30. The molecule has 0 bridgehead atoms. The number of hydrogen-bond donors (Lipinski definition) is 1. The Kier molecular flexibility index (Phi) is 4.82. The lowest BCUT2D eigenvalue weighted by Crippen LogP contribution is -2.43. The number of nitrogens with zero attached hydrogens (tertiary/aromatic N) is 1. The number of aliphatic hydroxyl groups is 1. The Labute approximate surface area is 109 Å². The van der Waals surface area contributed by atoms with Crippen LogP contribution in [0.4, 0.5) is 0 Å². The molecule has 1 N–H and O–H groups in total. The molecule has 0 aromatic heterocycles. The molecule has 0 heterocycles. The maximum absolute atomic E-state index is 11.7. The zero-order valence-electron chi connectivity index (χ0n) is 10.7. The number of ether oxygens (including phenoxy) is 2. The highest BCUT2D eigenvalue weighted by Crippen LogP contribution is 2.25. The summed E-state index contributed by atoms with van der Waals surface area (Å²) in [5, 5.41) is 20.9. The first-order valence-corrected chi connectivity index (χ1v) is 5.60. The van der Waals surface area contributed by atoms with Crippen molar-refractivity contribution >= 4 is 5.97 Å². The maximum Gasteiger partial charge on any atom is 0.349 e. The van der Waals surface area contributed by atoms with E-state index in [9.17, 15) is 20.0 Å². The van der Waals surface area contributed by atoms with Gasteiger partial charge in [0.1, 0.15) is 5.75 Å². The van der Waals surface area contributed by atoms with Crippen LogP contribution in [0.25, 0.3) is 0 Å². The van der Waals surface area contributed by atoms with Gasteiger partial charge in [0, 0.05) is 10.5 Å². The minimum absolute atomic E-state index is 0.0228. The molecular weight excluding hydrogens is 254 g/mol. The van der Waals surface area contributed by atoms with Gasteiger partial charge in [0.2, 0.25) is 6.54 Å². The Bertz CT molecular complexity index is 458. The summed E-state index contributed by atoms with van der Waals surface area (Å²) in [6.07, 6.45) is 0. The second-order valence-electron chi connectivity index (χ2n) is 3.80. The van der Waals surface area contributed by atoms with Crippen molar-refractivity contribution in [3.8, 4) is 5.75 Å². The number of methoxy groups -OCH3 is 1. The van der Waals surface area contributed by atoms with Crippen LogP contribution in [-0.4, -0.2) is 36.3 Å². The largest absolute Gasteiger partial charge is 0.497 e. The molecule has 0 fully saturated rings. The molecule has 7 heteroatoms. The van der Waals surface area contributed by atoms with Gasteiger partial charge in [0.15, 0.2) is 0 Å². The van der Waals surface area contributed by atoms with Crippen LogP contribution in [0.3, 0.4) is 0 Å². The summed E-state index contributed by atoms with van der Waals surface area (Å²) in [5.41, 5.74) is -2.21. The van der Waals surface area contributed by atoms with Crippen LogP contribution >= 0.6 is 0 Å². The zero-order chi connectivity index (χ0) is 14.5. The van der Waals surface area contributed by atoms with Gasteiger partial charge in [-0.25, -0.2) is 4.79 Å². The third-order valence-electron chi connectivity index (χ3n) is 2.54. The number of esters is 1. The smallest absolute Gasteiger partial charge is 0.349 e. The van der Waals surface area contributed by atoms with Crippen LogP contribution < -0.4 is 4.74 Å². The molecule has 19 heavy (non-hydrogen) atoms. The molecule has 1 aromatic carbocycles. The summed E-state index contributed by atoms with van der Waals surface area (Å²) in [4.78, 5) is 21.6. The topological polar surface area (TPSA) is 98.9 Å². The second kappa shape index (κ2) is 6.14. The van der Waals surface area contributed by atoms with Crippen molar-refractivity contribution in [2.75, 3.05) is 20.3 Å². The van der Waals surface area contributed by atoms with Crippen LogP contribution in [0.2, 0.25) is 0 Å². The third-order valence-corrected chi connectivity index (χ3v) is 2.54. The first-order chi connectivity index (χ1) is 8.93. The van der Waals surface area contributed by atoms with Gasteiger partial charge >= 0.3 is 5.97 Å². The maximum atomic E-state index is 11.7. The van der Waals surface area contributed by atoms with Crippen molar-refractivity contribution in [2.24, 2.45) is 0 Å². The van der Waals surface area contributed by atoms with Gasteiger partial charge in [0.25, 0.3) is 5.60 Å². The molecule has 0 radical (unpaired) electrons. The fraction of sp³-hybridized carbons (Fsp3) is 0.417. The predicted octanol–water partition coefficient (Wildman–Crippen LogP) is 0.723. The normalized spacial score (nSPS) is 13.4. The Morgan fingerprint density at radius 1 is 1.42 bits per heavy atom. The van der Waals surface area contributed by atoms with Gasteiger partial charge in [-0.1, -0.05) is 12.1 Å². The van der Waals surface area contributed by atoms with Gasteiger partial charge < -0.3 is 14.6 Å². The fourth-order valence-electron chi connectivity index (χ4n) is 1.58. The second-order valence-corrected chi connectivity index (χ2v) is 3.80. The number of nitro groups is 1. The Balaban J connectivity index is 3.13. The lowest BCUT2D eigenvalue weighted by molar-refractivity contribution is -0.499. The summed E-state index contributed by atoms with van der Waals surface area (Å²) in [6.45, 7) is 0.617. The van der Waals surface area contributed by atoms with Crippen molar-refractivity contribution in [1.82, 2.24) is 0 Å². The molecule has 7 nitrogen and oxygen atoms in total. The van der Waals surface area contributed by atoms with E-state index < -0.39 is 23.0 Å². The number of rotatable bonds is 6. The number of hydrogen-bond acceptors (Lipinski definition) is 6. The van der Waals surface area contributed by atoms with Gasteiger partial charge in [-0.2, -0.15) is 0 Å². The summed E-state index contributed by atoms with van der Waals surface area (Å²) < 4.78 is 9.63. The standard InChI is InChI=1S/C12H15NO6/c1-3-19-11(14)12(15,8-13(16)17)9-4-6-10(18-2)7-5-9/h4-7,15H,3,8H2,1-2H3/t12-/m0/s1. The molecular formula is C12H15NO6. The molecule has 0 aliphatic carbocycles. The summed E-state index contributed by atoms with van der Waals surface area (Å²) in [5.74, 6) is -0.534.